The number of nitrogens with one attached hydrogen (secondary N) is 1. The molecule has 33 heavy (non-hydrogen) atoms. The molecular formula is C27H43N3O3. The Morgan fingerprint density at radius 3 is 2.30 bits per heavy atom. The number of carbonyl (C=O) groups excluding carboxylic acids is 2. The zero-order valence-electron chi connectivity index (χ0n) is 20.7. The summed E-state index contributed by atoms with van der Waals surface area (Å²) < 4.78 is 5.01. The van der Waals surface area contributed by atoms with E-state index in [1.54, 1.807) is 7.11 Å². The van der Waals surface area contributed by atoms with Crippen LogP contribution in [0.3, 0.4) is 0 Å². The average Bonchev–Trinajstić information content (AvgIpc) is 2.87. The van der Waals surface area contributed by atoms with Gasteiger partial charge in [0.15, 0.2) is 0 Å². The Kier molecular flexibility index (Phi) is 10.7. The van der Waals surface area contributed by atoms with E-state index >= 15 is 0 Å². The summed E-state index contributed by atoms with van der Waals surface area (Å²) in [6.45, 7) is 6.97. The monoisotopic (exact) mass is 457 g/mol. The maximum atomic E-state index is 13.0. The molecule has 0 atom stereocenters. The van der Waals surface area contributed by atoms with Gasteiger partial charge in [0.1, 0.15) is 0 Å². The molecule has 2 aliphatic rings. The fraction of sp³-hybridized carbons (Fsp3) is 0.704. The highest BCUT2D eigenvalue weighted by atomic mass is 16.5. The lowest BCUT2D eigenvalue weighted by atomic mass is 9.92. The maximum Gasteiger partial charge on any atom is 0.253 e. The molecule has 2 fully saturated rings. The summed E-state index contributed by atoms with van der Waals surface area (Å²) in [6.07, 6.45) is 10.0. The van der Waals surface area contributed by atoms with E-state index in [1.165, 1.54) is 31.2 Å². The molecule has 2 saturated heterocycles. The summed E-state index contributed by atoms with van der Waals surface area (Å²) in [4.78, 5) is 29.8. The number of rotatable bonds is 11. The van der Waals surface area contributed by atoms with Gasteiger partial charge in [-0.2, -0.15) is 0 Å². The number of aryl methyl sites for hydroxylation is 1. The molecule has 6 heteroatoms. The van der Waals surface area contributed by atoms with Crippen molar-refractivity contribution in [2.75, 3.05) is 46.4 Å². The zero-order valence-corrected chi connectivity index (χ0v) is 20.7. The second-order valence-corrected chi connectivity index (χ2v) is 9.63. The van der Waals surface area contributed by atoms with Gasteiger partial charge in [-0.1, -0.05) is 38.3 Å². The van der Waals surface area contributed by atoms with E-state index in [0.717, 1.165) is 63.8 Å². The Morgan fingerprint density at radius 1 is 0.970 bits per heavy atom. The van der Waals surface area contributed by atoms with Gasteiger partial charge in [0.2, 0.25) is 5.91 Å². The van der Waals surface area contributed by atoms with Crippen molar-refractivity contribution >= 4 is 11.8 Å². The van der Waals surface area contributed by atoms with Gasteiger partial charge in [0.25, 0.3) is 5.91 Å². The lowest BCUT2D eigenvalue weighted by Gasteiger charge is -2.41. The van der Waals surface area contributed by atoms with Crippen molar-refractivity contribution < 1.29 is 14.3 Å². The van der Waals surface area contributed by atoms with Crippen LogP contribution in [0.2, 0.25) is 0 Å². The minimum Gasteiger partial charge on any atom is -0.383 e. The highest BCUT2D eigenvalue weighted by Gasteiger charge is 2.31. The Balaban J connectivity index is 1.38. The van der Waals surface area contributed by atoms with Crippen LogP contribution in [-0.2, 0) is 16.0 Å². The minimum absolute atomic E-state index is 0.120. The summed E-state index contributed by atoms with van der Waals surface area (Å²) >= 11 is 0. The number of carbonyl (C=O) groups is 2. The number of hydrogen-bond acceptors (Lipinski definition) is 4. The van der Waals surface area contributed by atoms with Crippen LogP contribution in [0.1, 0.15) is 74.2 Å². The first-order valence-corrected chi connectivity index (χ1v) is 13.0. The number of likely N-dealkylation sites (tertiary alicyclic amines) is 2. The van der Waals surface area contributed by atoms with Crippen LogP contribution < -0.4 is 5.32 Å². The van der Waals surface area contributed by atoms with Crippen LogP contribution >= 0.6 is 0 Å². The predicted octanol–water partition coefficient (Wildman–Crippen LogP) is 3.89. The lowest BCUT2D eigenvalue weighted by Crippen LogP contribution is -2.50. The van der Waals surface area contributed by atoms with E-state index in [4.69, 9.17) is 4.74 Å². The molecule has 0 aliphatic carbocycles. The molecule has 0 aromatic heterocycles. The van der Waals surface area contributed by atoms with Crippen molar-refractivity contribution in [3.8, 4) is 0 Å². The van der Waals surface area contributed by atoms with Crippen LogP contribution in [0.4, 0.5) is 0 Å². The number of hydrogen-bond donors (Lipinski definition) is 1. The molecule has 0 spiro atoms. The third-order valence-electron chi connectivity index (χ3n) is 7.29. The molecule has 6 nitrogen and oxygen atoms in total. The van der Waals surface area contributed by atoms with Gasteiger partial charge in [0.05, 0.1) is 6.61 Å². The number of nitrogens with zero attached hydrogens (tertiary/aromatic N) is 2. The molecule has 1 aromatic rings. The highest BCUT2D eigenvalue weighted by molar-refractivity contribution is 5.94. The molecule has 0 radical (unpaired) electrons. The second-order valence-electron chi connectivity index (χ2n) is 9.63. The molecule has 2 aliphatic heterocycles. The lowest BCUT2D eigenvalue weighted by molar-refractivity contribution is -0.126. The van der Waals surface area contributed by atoms with E-state index in [-0.39, 0.29) is 17.7 Å². The zero-order chi connectivity index (χ0) is 23.5. The van der Waals surface area contributed by atoms with Crippen molar-refractivity contribution in [3.05, 3.63) is 35.4 Å². The Bertz CT molecular complexity index is 721. The van der Waals surface area contributed by atoms with Gasteiger partial charge in [-0.25, -0.2) is 0 Å². The van der Waals surface area contributed by atoms with E-state index in [9.17, 15) is 9.59 Å². The Labute approximate surface area is 200 Å². The molecule has 1 aromatic carbocycles. The predicted molar refractivity (Wildman–Crippen MR) is 132 cm³/mol. The first-order chi connectivity index (χ1) is 16.1. The van der Waals surface area contributed by atoms with E-state index in [2.05, 4.69) is 29.3 Å². The molecule has 0 bridgehead atoms. The summed E-state index contributed by atoms with van der Waals surface area (Å²) in [5, 5.41) is 2.97. The van der Waals surface area contributed by atoms with Gasteiger partial charge < -0.3 is 19.9 Å². The summed E-state index contributed by atoms with van der Waals surface area (Å²) in [7, 11) is 1.65. The quantitative estimate of drug-likeness (QED) is 0.512. The smallest absolute Gasteiger partial charge is 0.253 e. The van der Waals surface area contributed by atoms with Crippen molar-refractivity contribution in [2.45, 2.75) is 70.8 Å². The molecule has 0 unspecified atom stereocenters. The number of benzene rings is 1. The first-order valence-electron chi connectivity index (χ1n) is 13.0. The third-order valence-corrected chi connectivity index (χ3v) is 7.29. The van der Waals surface area contributed by atoms with E-state index in [1.807, 2.05) is 17.0 Å². The average molecular weight is 458 g/mol. The Morgan fingerprint density at radius 2 is 1.67 bits per heavy atom. The number of unbranched alkanes of at least 4 members (excludes halogenated alkanes) is 3. The fourth-order valence-corrected chi connectivity index (χ4v) is 5.13. The van der Waals surface area contributed by atoms with Crippen LogP contribution in [0.25, 0.3) is 0 Å². The van der Waals surface area contributed by atoms with Gasteiger partial charge in [-0.3, -0.25) is 9.59 Å². The largest absolute Gasteiger partial charge is 0.383 e. The molecule has 184 valence electrons. The van der Waals surface area contributed by atoms with Crippen molar-refractivity contribution in [1.82, 2.24) is 15.1 Å². The number of ether oxygens (including phenoxy) is 1. The Hall–Kier alpha value is -1.92. The van der Waals surface area contributed by atoms with Crippen molar-refractivity contribution in [3.63, 3.8) is 0 Å². The van der Waals surface area contributed by atoms with Gasteiger partial charge >= 0.3 is 0 Å². The van der Waals surface area contributed by atoms with Crippen LogP contribution in [0.5, 0.6) is 0 Å². The third kappa shape index (κ3) is 7.82. The highest BCUT2D eigenvalue weighted by Crippen LogP contribution is 2.25. The van der Waals surface area contributed by atoms with E-state index < -0.39 is 0 Å². The SMILES string of the molecule is CCCCCCc1ccc(C(=O)N2CCC(N3CCC(C(=O)NCCOC)CC3)CC2)cc1. The van der Waals surface area contributed by atoms with Gasteiger partial charge in [0, 0.05) is 44.3 Å². The molecule has 2 heterocycles. The van der Waals surface area contributed by atoms with Gasteiger partial charge in [-0.15, -0.1) is 0 Å². The fourth-order valence-electron chi connectivity index (χ4n) is 5.13. The molecule has 1 N–H and O–H groups in total. The topological polar surface area (TPSA) is 61.9 Å². The maximum absolute atomic E-state index is 13.0. The number of methoxy groups -OCH3 is 1. The number of piperidine rings is 2. The second kappa shape index (κ2) is 13.7. The van der Waals surface area contributed by atoms with Crippen molar-refractivity contribution in [1.29, 1.82) is 0 Å². The minimum atomic E-state index is 0.120. The molecule has 2 amide bonds. The van der Waals surface area contributed by atoms with Crippen LogP contribution in [-0.4, -0.2) is 74.1 Å². The standard InChI is InChI=1S/C27H43N3O3/c1-3-4-5-6-7-22-8-10-24(11-9-22)27(32)30-19-14-25(15-20-30)29-17-12-23(13-18-29)26(31)28-16-21-33-2/h8-11,23,25H,3-7,12-21H2,1-2H3,(H,28,31). The molecule has 3 rings (SSSR count). The summed E-state index contributed by atoms with van der Waals surface area (Å²) in [5.74, 6) is 0.450. The molecule has 0 saturated carbocycles. The van der Waals surface area contributed by atoms with Crippen molar-refractivity contribution in [2.24, 2.45) is 5.92 Å². The number of amides is 2. The molecular weight excluding hydrogens is 414 g/mol. The van der Waals surface area contributed by atoms with Crippen LogP contribution in [0, 0.1) is 5.92 Å². The summed E-state index contributed by atoms with van der Waals surface area (Å²) in [6, 6.07) is 8.79. The summed E-state index contributed by atoms with van der Waals surface area (Å²) in [5.41, 5.74) is 2.14. The van der Waals surface area contributed by atoms with Gasteiger partial charge in [-0.05, 0) is 69.3 Å². The first kappa shape index (κ1) is 25.7. The van der Waals surface area contributed by atoms with Crippen LogP contribution in [0.15, 0.2) is 24.3 Å². The van der Waals surface area contributed by atoms with E-state index in [0.29, 0.717) is 19.2 Å². The normalized spacial score (nSPS) is 18.4.